The summed E-state index contributed by atoms with van der Waals surface area (Å²) in [5.41, 5.74) is 0.713. The van der Waals surface area contributed by atoms with E-state index in [2.05, 4.69) is 10.3 Å². The normalized spacial score (nSPS) is 11.0. The third kappa shape index (κ3) is 2.87. The lowest BCUT2D eigenvalue weighted by molar-refractivity contribution is 0.0956. The Balaban J connectivity index is 1.65. The molecular weight excluding hydrogens is 301 g/mol. The van der Waals surface area contributed by atoms with Gasteiger partial charge in [-0.05, 0) is 31.0 Å². The minimum atomic E-state index is -0.273. The molecule has 6 heteroatoms. The molecule has 4 nitrogen and oxygen atoms in total. The summed E-state index contributed by atoms with van der Waals surface area (Å²) in [6, 6.07) is 4.93. The van der Waals surface area contributed by atoms with Crippen molar-refractivity contribution in [1.82, 2.24) is 14.9 Å². The largest absolute Gasteiger partial charge is 0.351 e. The van der Waals surface area contributed by atoms with E-state index in [1.54, 1.807) is 25.5 Å². The van der Waals surface area contributed by atoms with E-state index in [4.69, 9.17) is 0 Å². The number of hydrogen-bond donors (Lipinski definition) is 1. The number of rotatable bonds is 5. The van der Waals surface area contributed by atoms with Crippen LogP contribution in [0.2, 0.25) is 0 Å². The SMILES string of the molecule is Cc1c(C(=O)NCCCn2ccnc2)sc2cccc(F)c12. The van der Waals surface area contributed by atoms with Crippen molar-refractivity contribution in [3.8, 4) is 0 Å². The predicted molar refractivity (Wildman–Crippen MR) is 85.7 cm³/mol. The van der Waals surface area contributed by atoms with Gasteiger partial charge in [0.25, 0.3) is 5.91 Å². The quantitative estimate of drug-likeness (QED) is 0.733. The van der Waals surface area contributed by atoms with Gasteiger partial charge in [0.15, 0.2) is 0 Å². The number of aromatic nitrogens is 2. The van der Waals surface area contributed by atoms with Crippen molar-refractivity contribution in [2.24, 2.45) is 0 Å². The maximum Gasteiger partial charge on any atom is 0.261 e. The summed E-state index contributed by atoms with van der Waals surface area (Å²) in [5, 5.41) is 3.45. The number of carbonyl (C=O) groups is 1. The first kappa shape index (κ1) is 14.7. The minimum absolute atomic E-state index is 0.135. The van der Waals surface area contributed by atoms with Gasteiger partial charge in [0, 0.05) is 35.6 Å². The summed E-state index contributed by atoms with van der Waals surface area (Å²) in [7, 11) is 0. The number of nitrogens with one attached hydrogen (secondary N) is 1. The second-order valence-corrected chi connectivity index (χ2v) is 6.13. The van der Waals surface area contributed by atoms with E-state index < -0.39 is 0 Å². The molecule has 1 amide bonds. The zero-order valence-electron chi connectivity index (χ0n) is 12.2. The molecule has 2 heterocycles. The molecule has 1 aromatic carbocycles. The van der Waals surface area contributed by atoms with Crippen LogP contribution in [0.25, 0.3) is 10.1 Å². The average molecular weight is 317 g/mol. The van der Waals surface area contributed by atoms with Crippen molar-refractivity contribution in [2.75, 3.05) is 6.54 Å². The van der Waals surface area contributed by atoms with Crippen molar-refractivity contribution < 1.29 is 9.18 Å². The van der Waals surface area contributed by atoms with Crippen LogP contribution in [-0.2, 0) is 6.54 Å². The molecule has 1 N–H and O–H groups in total. The summed E-state index contributed by atoms with van der Waals surface area (Å²) in [4.78, 5) is 16.8. The molecule has 22 heavy (non-hydrogen) atoms. The van der Waals surface area contributed by atoms with Gasteiger partial charge in [-0.1, -0.05) is 6.07 Å². The number of nitrogens with zero attached hydrogens (tertiary/aromatic N) is 2. The van der Waals surface area contributed by atoms with Gasteiger partial charge in [-0.3, -0.25) is 4.79 Å². The van der Waals surface area contributed by atoms with Gasteiger partial charge in [-0.15, -0.1) is 11.3 Å². The number of imidazole rings is 1. The first-order valence-corrected chi connectivity index (χ1v) is 7.90. The van der Waals surface area contributed by atoms with Crippen molar-refractivity contribution in [1.29, 1.82) is 0 Å². The van der Waals surface area contributed by atoms with E-state index in [1.807, 2.05) is 16.8 Å². The highest BCUT2D eigenvalue weighted by atomic mass is 32.1. The first-order valence-electron chi connectivity index (χ1n) is 7.08. The van der Waals surface area contributed by atoms with Crippen LogP contribution in [0.3, 0.4) is 0 Å². The lowest BCUT2D eigenvalue weighted by Crippen LogP contribution is -2.24. The molecule has 0 spiro atoms. The highest BCUT2D eigenvalue weighted by Crippen LogP contribution is 2.32. The molecule has 3 rings (SSSR count). The monoisotopic (exact) mass is 317 g/mol. The first-order chi connectivity index (χ1) is 10.7. The van der Waals surface area contributed by atoms with Crippen LogP contribution < -0.4 is 5.32 Å². The molecular formula is C16H16FN3OS. The molecule has 3 aromatic rings. The third-order valence-electron chi connectivity index (χ3n) is 3.55. The fourth-order valence-corrected chi connectivity index (χ4v) is 3.57. The van der Waals surface area contributed by atoms with Crippen molar-refractivity contribution in [3.05, 3.63) is 53.2 Å². The average Bonchev–Trinajstić information content (AvgIpc) is 3.12. The molecule has 0 saturated carbocycles. The number of benzene rings is 1. The molecule has 0 unspecified atom stereocenters. The van der Waals surface area contributed by atoms with Gasteiger partial charge in [0.1, 0.15) is 5.82 Å². The zero-order valence-corrected chi connectivity index (χ0v) is 13.0. The summed E-state index contributed by atoms with van der Waals surface area (Å²) in [5.74, 6) is -0.408. The van der Waals surface area contributed by atoms with Gasteiger partial charge in [0.2, 0.25) is 0 Å². The van der Waals surface area contributed by atoms with Crippen LogP contribution in [-0.4, -0.2) is 22.0 Å². The summed E-state index contributed by atoms with van der Waals surface area (Å²) in [6.45, 7) is 3.18. The zero-order chi connectivity index (χ0) is 15.5. The minimum Gasteiger partial charge on any atom is -0.351 e. The molecule has 114 valence electrons. The summed E-state index contributed by atoms with van der Waals surface area (Å²) >= 11 is 1.33. The number of hydrogen-bond acceptors (Lipinski definition) is 3. The molecule has 0 fully saturated rings. The van der Waals surface area contributed by atoms with E-state index in [0.29, 0.717) is 22.4 Å². The van der Waals surface area contributed by atoms with Crippen LogP contribution in [0, 0.1) is 12.7 Å². The Morgan fingerprint density at radius 2 is 2.32 bits per heavy atom. The van der Waals surface area contributed by atoms with Crippen molar-refractivity contribution >= 4 is 27.3 Å². The van der Waals surface area contributed by atoms with Crippen LogP contribution in [0.15, 0.2) is 36.9 Å². The topological polar surface area (TPSA) is 46.9 Å². The van der Waals surface area contributed by atoms with Crippen LogP contribution >= 0.6 is 11.3 Å². The lowest BCUT2D eigenvalue weighted by Gasteiger charge is -2.05. The number of amides is 1. The summed E-state index contributed by atoms with van der Waals surface area (Å²) < 4.78 is 16.6. The van der Waals surface area contributed by atoms with Gasteiger partial charge < -0.3 is 9.88 Å². The molecule has 0 saturated heterocycles. The Bertz CT molecular complexity index is 795. The molecule has 0 bridgehead atoms. The number of aryl methyl sites for hydroxylation is 2. The second kappa shape index (κ2) is 6.27. The molecule has 0 aliphatic rings. The molecule has 0 aliphatic heterocycles. The Kier molecular flexibility index (Phi) is 4.20. The van der Waals surface area contributed by atoms with E-state index >= 15 is 0 Å². The van der Waals surface area contributed by atoms with E-state index in [0.717, 1.165) is 17.7 Å². The van der Waals surface area contributed by atoms with Gasteiger partial charge in [-0.2, -0.15) is 0 Å². The van der Waals surface area contributed by atoms with Crippen LogP contribution in [0.1, 0.15) is 21.7 Å². The highest BCUT2D eigenvalue weighted by molar-refractivity contribution is 7.21. The summed E-state index contributed by atoms with van der Waals surface area (Å²) in [6.07, 6.45) is 6.19. The van der Waals surface area contributed by atoms with Crippen LogP contribution in [0.4, 0.5) is 4.39 Å². The molecule has 0 radical (unpaired) electrons. The fourth-order valence-electron chi connectivity index (χ4n) is 2.43. The smallest absolute Gasteiger partial charge is 0.261 e. The molecule has 0 atom stereocenters. The standard InChI is InChI=1S/C16H16FN3OS/c1-11-14-12(17)4-2-5-13(14)22-15(11)16(21)19-6-3-8-20-9-7-18-10-20/h2,4-5,7,9-10H,3,6,8H2,1H3,(H,19,21). The van der Waals surface area contributed by atoms with E-state index in [-0.39, 0.29) is 11.7 Å². The van der Waals surface area contributed by atoms with Gasteiger partial charge >= 0.3 is 0 Å². The number of fused-ring (bicyclic) bond motifs is 1. The maximum atomic E-state index is 13.9. The van der Waals surface area contributed by atoms with Crippen molar-refractivity contribution in [2.45, 2.75) is 19.9 Å². The number of halogens is 1. The lowest BCUT2D eigenvalue weighted by atomic mass is 10.1. The van der Waals surface area contributed by atoms with E-state index in [9.17, 15) is 9.18 Å². The fraction of sp³-hybridized carbons (Fsp3) is 0.250. The number of thiophene rings is 1. The molecule has 2 aromatic heterocycles. The number of carbonyl (C=O) groups excluding carboxylic acids is 1. The predicted octanol–water partition coefficient (Wildman–Crippen LogP) is 3.37. The second-order valence-electron chi connectivity index (χ2n) is 5.08. The maximum absolute atomic E-state index is 13.9. The Morgan fingerprint density at radius 1 is 1.45 bits per heavy atom. The van der Waals surface area contributed by atoms with Crippen molar-refractivity contribution in [3.63, 3.8) is 0 Å². The van der Waals surface area contributed by atoms with Crippen LogP contribution in [0.5, 0.6) is 0 Å². The Labute approximate surface area is 131 Å². The molecule has 0 aliphatic carbocycles. The Hall–Kier alpha value is -2.21. The highest BCUT2D eigenvalue weighted by Gasteiger charge is 2.17. The third-order valence-corrected chi connectivity index (χ3v) is 4.80. The van der Waals surface area contributed by atoms with Gasteiger partial charge in [-0.25, -0.2) is 9.37 Å². The Morgan fingerprint density at radius 3 is 3.05 bits per heavy atom. The van der Waals surface area contributed by atoms with E-state index in [1.165, 1.54) is 17.4 Å². The van der Waals surface area contributed by atoms with Gasteiger partial charge in [0.05, 0.1) is 11.2 Å².